The number of aromatic nitrogens is 2. The van der Waals surface area contributed by atoms with Crippen molar-refractivity contribution in [2.24, 2.45) is 0 Å². The van der Waals surface area contributed by atoms with Gasteiger partial charge in [-0.2, -0.15) is 10.4 Å². The SMILES string of the molecule is CC.CCCCOCCCNC(=O)Nc1cn2ncc(C#N)c(Nc3ccc(Oc4ccccc4)cc3)c2c1C. The molecule has 3 N–H and O–H groups in total. The van der Waals surface area contributed by atoms with E-state index in [-0.39, 0.29) is 6.03 Å². The minimum absolute atomic E-state index is 0.304. The van der Waals surface area contributed by atoms with Gasteiger partial charge >= 0.3 is 6.03 Å². The molecule has 0 saturated heterocycles. The van der Waals surface area contributed by atoms with Crippen LogP contribution < -0.4 is 20.7 Å². The summed E-state index contributed by atoms with van der Waals surface area (Å²) in [6, 6.07) is 18.9. The molecule has 0 bridgehead atoms. The van der Waals surface area contributed by atoms with Gasteiger partial charge in [0.25, 0.3) is 0 Å². The standard InChI is InChI=1S/C29H32N6O3.C2H6/c1-3-4-16-37-17-8-15-31-29(36)34-26-20-35-28(21(26)2)27(22(18-30)19-32-35)33-23-11-13-25(14-12-23)38-24-9-6-5-7-10-24;1-2/h5-7,9-14,19-20,33H,3-4,8,15-17H2,1-2H3,(H2,31,34,36);1-2H3. The third-order valence-corrected chi connectivity index (χ3v) is 5.92. The highest BCUT2D eigenvalue weighted by Crippen LogP contribution is 2.33. The molecular weight excluding hydrogens is 504 g/mol. The van der Waals surface area contributed by atoms with E-state index in [1.807, 2.05) is 75.4 Å². The molecule has 0 radical (unpaired) electrons. The predicted molar refractivity (Wildman–Crippen MR) is 160 cm³/mol. The van der Waals surface area contributed by atoms with Crippen molar-refractivity contribution in [3.05, 3.63) is 78.1 Å². The number of nitrogens with one attached hydrogen (secondary N) is 3. The minimum Gasteiger partial charge on any atom is -0.457 e. The zero-order chi connectivity index (χ0) is 28.7. The molecule has 9 nitrogen and oxygen atoms in total. The van der Waals surface area contributed by atoms with Gasteiger partial charge in [0.15, 0.2) is 0 Å². The lowest BCUT2D eigenvalue weighted by molar-refractivity contribution is 0.129. The maximum Gasteiger partial charge on any atom is 0.319 e. The van der Waals surface area contributed by atoms with Crippen molar-refractivity contribution in [2.75, 3.05) is 30.4 Å². The Kier molecular flexibility index (Phi) is 11.8. The molecule has 0 atom stereocenters. The largest absolute Gasteiger partial charge is 0.457 e. The average Bonchev–Trinajstić information content (AvgIpc) is 3.30. The van der Waals surface area contributed by atoms with Gasteiger partial charge in [0.05, 0.1) is 34.8 Å². The zero-order valence-electron chi connectivity index (χ0n) is 23.7. The van der Waals surface area contributed by atoms with E-state index in [9.17, 15) is 10.1 Å². The maximum atomic E-state index is 12.5. The van der Waals surface area contributed by atoms with Crippen LogP contribution in [0.1, 0.15) is 51.2 Å². The van der Waals surface area contributed by atoms with Crippen molar-refractivity contribution in [1.82, 2.24) is 14.9 Å². The normalized spacial score (nSPS) is 10.3. The second-order valence-corrected chi connectivity index (χ2v) is 8.77. The molecule has 0 aliphatic rings. The highest BCUT2D eigenvalue weighted by molar-refractivity contribution is 5.94. The summed E-state index contributed by atoms with van der Waals surface area (Å²) in [7, 11) is 0. The second kappa shape index (κ2) is 15.8. The summed E-state index contributed by atoms with van der Waals surface area (Å²) in [6.45, 7) is 9.89. The monoisotopic (exact) mass is 542 g/mol. The fourth-order valence-corrected chi connectivity index (χ4v) is 3.89. The molecule has 0 saturated carbocycles. The number of unbranched alkanes of at least 4 members (excludes halogenated alkanes) is 1. The number of hydrogen-bond acceptors (Lipinski definition) is 6. The Hall–Kier alpha value is -4.55. The molecule has 0 fully saturated rings. The van der Waals surface area contributed by atoms with Crippen LogP contribution in [0, 0.1) is 18.3 Å². The van der Waals surface area contributed by atoms with Gasteiger partial charge in [-0.3, -0.25) is 0 Å². The second-order valence-electron chi connectivity index (χ2n) is 8.77. The van der Waals surface area contributed by atoms with E-state index in [0.29, 0.717) is 41.4 Å². The summed E-state index contributed by atoms with van der Waals surface area (Å²) in [4.78, 5) is 12.5. The first-order valence-corrected chi connectivity index (χ1v) is 13.7. The van der Waals surface area contributed by atoms with Crippen molar-refractivity contribution < 1.29 is 14.3 Å². The van der Waals surface area contributed by atoms with Crippen LogP contribution in [0.15, 0.2) is 67.0 Å². The Balaban J connectivity index is 0.00000216. The number of carbonyl (C=O) groups is 1. The van der Waals surface area contributed by atoms with Crippen LogP contribution in [-0.2, 0) is 4.74 Å². The quantitative estimate of drug-likeness (QED) is 0.161. The van der Waals surface area contributed by atoms with Crippen molar-refractivity contribution in [3.8, 4) is 17.6 Å². The number of rotatable bonds is 12. The molecule has 2 heterocycles. The van der Waals surface area contributed by atoms with Gasteiger partial charge in [-0.25, -0.2) is 9.31 Å². The molecule has 2 amide bonds. The smallest absolute Gasteiger partial charge is 0.319 e. The molecule has 0 spiro atoms. The van der Waals surface area contributed by atoms with E-state index >= 15 is 0 Å². The first kappa shape index (κ1) is 30.0. The van der Waals surface area contributed by atoms with Crippen LogP contribution in [0.5, 0.6) is 11.5 Å². The summed E-state index contributed by atoms with van der Waals surface area (Å²) in [5.74, 6) is 1.45. The number of aryl methyl sites for hydroxylation is 1. The highest BCUT2D eigenvalue weighted by Gasteiger charge is 2.17. The Morgan fingerprint density at radius 3 is 2.42 bits per heavy atom. The molecule has 210 valence electrons. The molecule has 2 aromatic carbocycles. The van der Waals surface area contributed by atoms with Gasteiger partial charge in [-0.1, -0.05) is 45.4 Å². The van der Waals surface area contributed by atoms with E-state index < -0.39 is 0 Å². The summed E-state index contributed by atoms with van der Waals surface area (Å²) in [6.07, 6.45) is 6.13. The number of benzene rings is 2. The number of para-hydroxylation sites is 1. The fraction of sp³-hybridized carbons (Fsp3) is 0.323. The van der Waals surface area contributed by atoms with Crippen LogP contribution in [0.4, 0.5) is 21.9 Å². The third kappa shape index (κ3) is 8.22. The van der Waals surface area contributed by atoms with Gasteiger partial charge in [-0.05, 0) is 56.2 Å². The highest BCUT2D eigenvalue weighted by atomic mass is 16.5. The first-order valence-electron chi connectivity index (χ1n) is 13.7. The van der Waals surface area contributed by atoms with Gasteiger partial charge in [-0.15, -0.1) is 0 Å². The molecule has 2 aromatic heterocycles. The Bertz CT molecular complexity index is 1390. The Morgan fingerprint density at radius 1 is 1.02 bits per heavy atom. The van der Waals surface area contributed by atoms with Gasteiger partial charge < -0.3 is 25.4 Å². The molecule has 0 aliphatic carbocycles. The maximum absolute atomic E-state index is 12.5. The van der Waals surface area contributed by atoms with E-state index in [1.165, 1.54) is 6.20 Å². The summed E-state index contributed by atoms with van der Waals surface area (Å²) >= 11 is 0. The van der Waals surface area contributed by atoms with E-state index in [4.69, 9.17) is 9.47 Å². The van der Waals surface area contributed by atoms with E-state index in [0.717, 1.165) is 42.9 Å². The first-order chi connectivity index (χ1) is 19.6. The zero-order valence-corrected chi connectivity index (χ0v) is 23.7. The minimum atomic E-state index is -0.304. The van der Waals surface area contributed by atoms with Crippen LogP contribution >= 0.6 is 0 Å². The van der Waals surface area contributed by atoms with Crippen molar-refractivity contribution in [2.45, 2.75) is 47.0 Å². The molecule has 9 heteroatoms. The van der Waals surface area contributed by atoms with Crippen LogP contribution in [-0.4, -0.2) is 35.4 Å². The fourth-order valence-electron chi connectivity index (χ4n) is 3.89. The van der Waals surface area contributed by atoms with Crippen molar-refractivity contribution >= 4 is 28.6 Å². The van der Waals surface area contributed by atoms with Gasteiger partial charge in [0.2, 0.25) is 0 Å². The van der Waals surface area contributed by atoms with Gasteiger partial charge in [0.1, 0.15) is 17.6 Å². The number of nitrogens with zero attached hydrogens (tertiary/aromatic N) is 3. The third-order valence-electron chi connectivity index (χ3n) is 5.92. The number of anilines is 3. The number of ether oxygens (including phenoxy) is 2. The Labute approximate surface area is 236 Å². The van der Waals surface area contributed by atoms with Crippen LogP contribution in [0.2, 0.25) is 0 Å². The average molecular weight is 543 g/mol. The molecule has 40 heavy (non-hydrogen) atoms. The number of amides is 2. The number of hydrogen-bond donors (Lipinski definition) is 3. The van der Waals surface area contributed by atoms with Crippen LogP contribution in [0.25, 0.3) is 5.52 Å². The lowest BCUT2D eigenvalue weighted by atomic mass is 10.1. The lowest BCUT2D eigenvalue weighted by Crippen LogP contribution is -2.30. The van der Waals surface area contributed by atoms with E-state index in [2.05, 4.69) is 34.0 Å². The number of fused-ring (bicyclic) bond motifs is 1. The molecule has 4 aromatic rings. The van der Waals surface area contributed by atoms with E-state index in [1.54, 1.807) is 10.7 Å². The molecule has 0 unspecified atom stereocenters. The number of nitriles is 1. The molecular formula is C31H38N6O3. The van der Waals surface area contributed by atoms with Crippen molar-refractivity contribution in [1.29, 1.82) is 5.26 Å². The van der Waals surface area contributed by atoms with Crippen LogP contribution in [0.3, 0.4) is 0 Å². The number of carbonyl (C=O) groups excluding carboxylic acids is 1. The summed E-state index contributed by atoms with van der Waals surface area (Å²) < 4.78 is 13.0. The summed E-state index contributed by atoms with van der Waals surface area (Å²) in [5, 5.41) is 23.2. The Morgan fingerprint density at radius 2 is 1.73 bits per heavy atom. The predicted octanol–water partition coefficient (Wildman–Crippen LogP) is 7.40. The van der Waals surface area contributed by atoms with Gasteiger partial charge in [0, 0.05) is 31.0 Å². The lowest BCUT2D eigenvalue weighted by Gasteiger charge is -2.12. The molecule has 0 aliphatic heterocycles. The summed E-state index contributed by atoms with van der Waals surface area (Å²) in [5.41, 5.74) is 3.88. The topological polar surface area (TPSA) is 113 Å². The number of urea groups is 1. The van der Waals surface area contributed by atoms with Crippen molar-refractivity contribution in [3.63, 3.8) is 0 Å². The molecule has 4 rings (SSSR count).